The lowest BCUT2D eigenvalue weighted by atomic mass is 10.2. The zero-order valence-electron chi connectivity index (χ0n) is 10.0. The fourth-order valence-electron chi connectivity index (χ4n) is 1.65. The normalized spacial score (nSPS) is 10.7. The van der Waals surface area contributed by atoms with Crippen LogP contribution in [0.4, 0.5) is 5.69 Å². The molecule has 0 aliphatic rings. The lowest BCUT2D eigenvalue weighted by Crippen LogP contribution is -1.88. The van der Waals surface area contributed by atoms with Crippen molar-refractivity contribution in [3.8, 4) is 23.0 Å². The second kappa shape index (κ2) is 5.34. The van der Waals surface area contributed by atoms with E-state index in [1.54, 1.807) is 18.3 Å². The molecule has 3 aromatic rings. The number of nitrogens with two attached hydrogens (primary N) is 1. The summed E-state index contributed by atoms with van der Waals surface area (Å²) in [5.41, 5.74) is 7.79. The van der Waals surface area contributed by atoms with Gasteiger partial charge in [0.15, 0.2) is 0 Å². The predicted octanol–water partition coefficient (Wildman–Crippen LogP) is 3.91. The standard InChI is InChI=1S/C13H8Br2N4O/c14-7-1-4-11(17-6-7)12-18-13(20-19-12)9-5-8(16)2-3-10(9)15/h1-6H,16H2. The van der Waals surface area contributed by atoms with Gasteiger partial charge in [-0.2, -0.15) is 4.98 Å². The maximum atomic E-state index is 5.77. The highest BCUT2D eigenvalue weighted by Gasteiger charge is 2.14. The summed E-state index contributed by atoms with van der Waals surface area (Å²) in [5, 5.41) is 3.94. The molecule has 2 N–H and O–H groups in total. The van der Waals surface area contributed by atoms with Crippen LogP contribution in [0.3, 0.4) is 0 Å². The van der Waals surface area contributed by atoms with Gasteiger partial charge in [-0.05, 0) is 62.2 Å². The van der Waals surface area contributed by atoms with Gasteiger partial charge in [0.05, 0.1) is 5.56 Å². The van der Waals surface area contributed by atoms with Gasteiger partial charge in [0.25, 0.3) is 5.89 Å². The van der Waals surface area contributed by atoms with Gasteiger partial charge in [0.2, 0.25) is 5.82 Å². The molecule has 1 aromatic carbocycles. The maximum Gasteiger partial charge on any atom is 0.259 e. The zero-order chi connectivity index (χ0) is 14.1. The van der Waals surface area contributed by atoms with Gasteiger partial charge in [-0.25, -0.2) is 0 Å². The van der Waals surface area contributed by atoms with Crippen molar-refractivity contribution in [1.29, 1.82) is 0 Å². The fraction of sp³-hybridized carbons (Fsp3) is 0. The van der Waals surface area contributed by atoms with Crippen molar-refractivity contribution >= 4 is 37.5 Å². The lowest BCUT2D eigenvalue weighted by Gasteiger charge is -1.99. The average molecular weight is 396 g/mol. The third kappa shape index (κ3) is 2.59. The van der Waals surface area contributed by atoms with Gasteiger partial charge in [0.1, 0.15) is 5.69 Å². The molecule has 3 rings (SSSR count). The van der Waals surface area contributed by atoms with Crippen LogP contribution in [0.5, 0.6) is 0 Å². The number of hydrogen-bond acceptors (Lipinski definition) is 5. The summed E-state index contributed by atoms with van der Waals surface area (Å²) in [5.74, 6) is 0.825. The van der Waals surface area contributed by atoms with E-state index in [1.807, 2.05) is 18.2 Å². The van der Waals surface area contributed by atoms with Gasteiger partial charge in [-0.3, -0.25) is 4.98 Å². The van der Waals surface area contributed by atoms with E-state index in [4.69, 9.17) is 10.3 Å². The van der Waals surface area contributed by atoms with Crippen molar-refractivity contribution in [2.24, 2.45) is 0 Å². The molecule has 0 aliphatic heterocycles. The number of halogens is 2. The minimum Gasteiger partial charge on any atom is -0.399 e. The van der Waals surface area contributed by atoms with E-state index in [0.29, 0.717) is 23.1 Å². The molecule has 100 valence electrons. The van der Waals surface area contributed by atoms with E-state index in [9.17, 15) is 0 Å². The molecule has 2 heterocycles. The number of benzene rings is 1. The van der Waals surface area contributed by atoms with E-state index in [2.05, 4.69) is 47.0 Å². The highest BCUT2D eigenvalue weighted by atomic mass is 79.9. The predicted molar refractivity (Wildman–Crippen MR) is 82.8 cm³/mol. The molecule has 0 radical (unpaired) electrons. The van der Waals surface area contributed by atoms with Crippen LogP contribution >= 0.6 is 31.9 Å². The maximum absolute atomic E-state index is 5.77. The van der Waals surface area contributed by atoms with E-state index in [1.165, 1.54) is 0 Å². The molecule has 20 heavy (non-hydrogen) atoms. The van der Waals surface area contributed by atoms with Crippen molar-refractivity contribution in [3.63, 3.8) is 0 Å². The molecule has 7 heteroatoms. The molecular weight excluding hydrogens is 388 g/mol. The lowest BCUT2D eigenvalue weighted by molar-refractivity contribution is 0.432. The molecule has 0 saturated carbocycles. The van der Waals surface area contributed by atoms with Gasteiger partial charge in [-0.15, -0.1) is 0 Å². The molecule has 0 unspecified atom stereocenters. The number of pyridine rings is 1. The van der Waals surface area contributed by atoms with Gasteiger partial charge in [-0.1, -0.05) is 5.16 Å². The highest BCUT2D eigenvalue weighted by Crippen LogP contribution is 2.30. The molecule has 2 aromatic heterocycles. The van der Waals surface area contributed by atoms with Crippen LogP contribution in [0.15, 0.2) is 50.0 Å². The third-order valence-electron chi connectivity index (χ3n) is 2.60. The third-order valence-corrected chi connectivity index (χ3v) is 3.76. The molecular formula is C13H8Br2N4O. The molecule has 0 spiro atoms. The van der Waals surface area contributed by atoms with Gasteiger partial charge >= 0.3 is 0 Å². The number of anilines is 1. The second-order valence-electron chi connectivity index (χ2n) is 4.02. The molecule has 0 aliphatic carbocycles. The fourth-order valence-corrected chi connectivity index (χ4v) is 2.30. The van der Waals surface area contributed by atoms with Gasteiger partial charge in [0, 0.05) is 20.8 Å². The van der Waals surface area contributed by atoms with Crippen LogP contribution in [-0.2, 0) is 0 Å². The number of nitrogen functional groups attached to an aromatic ring is 1. The van der Waals surface area contributed by atoms with Crippen LogP contribution in [0, 0.1) is 0 Å². The van der Waals surface area contributed by atoms with Crippen molar-refractivity contribution in [2.45, 2.75) is 0 Å². The van der Waals surface area contributed by atoms with Crippen LogP contribution in [-0.4, -0.2) is 15.1 Å². The number of nitrogens with zero attached hydrogens (tertiary/aromatic N) is 3. The van der Waals surface area contributed by atoms with Crippen LogP contribution in [0.25, 0.3) is 23.0 Å². The number of hydrogen-bond donors (Lipinski definition) is 1. The monoisotopic (exact) mass is 394 g/mol. The largest absolute Gasteiger partial charge is 0.399 e. The van der Waals surface area contributed by atoms with E-state index >= 15 is 0 Å². The number of rotatable bonds is 2. The first-order valence-corrected chi connectivity index (χ1v) is 7.23. The Bertz CT molecular complexity index is 755. The molecule has 0 fully saturated rings. The summed E-state index contributed by atoms with van der Waals surface area (Å²) in [6.07, 6.45) is 1.68. The molecule has 5 nitrogen and oxygen atoms in total. The second-order valence-corrected chi connectivity index (χ2v) is 5.79. The van der Waals surface area contributed by atoms with Crippen molar-refractivity contribution in [3.05, 3.63) is 45.5 Å². The molecule has 0 bridgehead atoms. The Kier molecular flexibility index (Phi) is 3.54. The van der Waals surface area contributed by atoms with E-state index in [0.717, 1.165) is 14.5 Å². The Labute approximate surface area is 131 Å². The zero-order valence-corrected chi connectivity index (χ0v) is 13.2. The van der Waals surface area contributed by atoms with Crippen LogP contribution in [0.2, 0.25) is 0 Å². The SMILES string of the molecule is Nc1ccc(Br)c(-c2nc(-c3ccc(Br)cn3)no2)c1. The summed E-state index contributed by atoms with van der Waals surface area (Å²) < 4.78 is 7.00. The number of aromatic nitrogens is 3. The highest BCUT2D eigenvalue weighted by molar-refractivity contribution is 9.10. The Morgan fingerprint density at radius 1 is 1.10 bits per heavy atom. The first kappa shape index (κ1) is 13.3. The summed E-state index contributed by atoms with van der Waals surface area (Å²) in [6.45, 7) is 0. The van der Waals surface area contributed by atoms with Crippen molar-refractivity contribution < 1.29 is 4.52 Å². The average Bonchev–Trinajstić information content (AvgIpc) is 2.92. The Morgan fingerprint density at radius 2 is 1.95 bits per heavy atom. The van der Waals surface area contributed by atoms with Crippen LogP contribution in [0.1, 0.15) is 0 Å². The summed E-state index contributed by atoms with van der Waals surface area (Å²) in [4.78, 5) is 8.57. The van der Waals surface area contributed by atoms with Crippen molar-refractivity contribution in [1.82, 2.24) is 15.1 Å². The van der Waals surface area contributed by atoms with Crippen LogP contribution < -0.4 is 5.73 Å². The quantitative estimate of drug-likeness (QED) is 0.665. The molecule has 0 atom stereocenters. The molecule has 0 amide bonds. The van der Waals surface area contributed by atoms with E-state index in [-0.39, 0.29) is 0 Å². The first-order valence-electron chi connectivity index (χ1n) is 5.64. The first-order chi connectivity index (χ1) is 9.63. The molecule has 0 saturated heterocycles. The topological polar surface area (TPSA) is 77.8 Å². The Hall–Kier alpha value is -1.73. The summed E-state index contributed by atoms with van der Waals surface area (Å²) in [6, 6.07) is 9.09. The van der Waals surface area contributed by atoms with E-state index < -0.39 is 0 Å². The summed E-state index contributed by atoms with van der Waals surface area (Å²) >= 11 is 6.77. The minimum absolute atomic E-state index is 0.392. The smallest absolute Gasteiger partial charge is 0.259 e. The Morgan fingerprint density at radius 3 is 2.70 bits per heavy atom. The van der Waals surface area contributed by atoms with Gasteiger partial charge < -0.3 is 10.3 Å². The van der Waals surface area contributed by atoms with Crippen molar-refractivity contribution in [2.75, 3.05) is 5.73 Å². The Balaban J connectivity index is 2.01. The summed E-state index contributed by atoms with van der Waals surface area (Å²) in [7, 11) is 0. The minimum atomic E-state index is 0.392.